The summed E-state index contributed by atoms with van der Waals surface area (Å²) in [5, 5.41) is 0.132. The van der Waals surface area contributed by atoms with Gasteiger partial charge in [-0.25, -0.2) is 4.98 Å². The second-order valence-corrected chi connectivity index (χ2v) is 9.94. The minimum atomic E-state index is -3.57. The van der Waals surface area contributed by atoms with Crippen LogP contribution in [0.5, 0.6) is 0 Å². The predicted octanol–water partition coefficient (Wildman–Crippen LogP) is 1.09. The highest BCUT2D eigenvalue weighted by Gasteiger charge is 2.36. The number of hydrogen-bond acceptors (Lipinski definition) is 6. The van der Waals surface area contributed by atoms with Crippen LogP contribution in [-0.2, 0) is 10.2 Å². The van der Waals surface area contributed by atoms with Crippen molar-refractivity contribution in [2.45, 2.75) is 45.1 Å². The van der Waals surface area contributed by atoms with Gasteiger partial charge in [0, 0.05) is 39.3 Å². The molecule has 1 amide bonds. The van der Waals surface area contributed by atoms with Crippen molar-refractivity contribution < 1.29 is 17.6 Å². The van der Waals surface area contributed by atoms with Crippen LogP contribution in [0.4, 0.5) is 0 Å². The van der Waals surface area contributed by atoms with E-state index >= 15 is 0 Å². The molecule has 11 heteroatoms. The number of carbonyl (C=O) groups excluding carboxylic acids is 1. The minimum absolute atomic E-state index is 0.0441. The van der Waals surface area contributed by atoms with E-state index in [-0.39, 0.29) is 54.8 Å². The monoisotopic (exact) mass is 437 g/mol. The molecule has 0 bridgehead atoms. The topological polar surface area (TPSA) is 120 Å². The Morgan fingerprint density at radius 2 is 1.87 bits per heavy atom. The van der Waals surface area contributed by atoms with Gasteiger partial charge < -0.3 is 14.3 Å². The van der Waals surface area contributed by atoms with Crippen LogP contribution in [0.15, 0.2) is 15.5 Å². The van der Waals surface area contributed by atoms with Crippen LogP contribution < -0.4 is 5.56 Å². The lowest BCUT2D eigenvalue weighted by Crippen LogP contribution is -2.55. The van der Waals surface area contributed by atoms with Crippen molar-refractivity contribution in [2.75, 3.05) is 33.2 Å². The summed E-state index contributed by atoms with van der Waals surface area (Å²) < 4.78 is 34.5. The molecule has 0 unspecified atom stereocenters. The molecule has 4 rings (SSSR count). The van der Waals surface area contributed by atoms with Crippen molar-refractivity contribution in [3.05, 3.63) is 28.0 Å². The number of nitrogens with zero attached hydrogens (tertiary/aromatic N) is 4. The molecule has 10 nitrogen and oxygen atoms in total. The molecule has 2 aromatic heterocycles. The van der Waals surface area contributed by atoms with Crippen molar-refractivity contribution >= 4 is 27.2 Å². The molecule has 1 saturated carbocycles. The zero-order valence-corrected chi connectivity index (χ0v) is 18.1. The van der Waals surface area contributed by atoms with Gasteiger partial charge in [-0.05, 0) is 19.8 Å². The lowest BCUT2D eigenvalue weighted by Gasteiger charge is -2.38. The summed E-state index contributed by atoms with van der Waals surface area (Å²) in [7, 11) is -1.91. The van der Waals surface area contributed by atoms with E-state index in [0.717, 1.165) is 32.1 Å². The molecule has 1 N–H and O–H groups in total. The third-order valence-corrected chi connectivity index (χ3v) is 8.23. The SMILES string of the molecule is Cc1oc2nc[nH]c(=O)c2c1C(=O)N1CCN(S(=O)(=O)N(C)C2CCCCC2)CC1. The molecule has 30 heavy (non-hydrogen) atoms. The maximum absolute atomic E-state index is 13.1. The fourth-order valence-electron chi connectivity index (χ4n) is 4.41. The zero-order chi connectivity index (χ0) is 21.5. The van der Waals surface area contributed by atoms with Gasteiger partial charge >= 0.3 is 0 Å². The quantitative estimate of drug-likeness (QED) is 0.765. The number of piperazine rings is 1. The number of aromatic nitrogens is 2. The lowest BCUT2D eigenvalue weighted by atomic mass is 9.96. The van der Waals surface area contributed by atoms with Crippen LogP contribution in [0.1, 0.15) is 48.2 Å². The average Bonchev–Trinajstić information content (AvgIpc) is 3.10. The zero-order valence-electron chi connectivity index (χ0n) is 17.3. The van der Waals surface area contributed by atoms with E-state index in [1.54, 1.807) is 18.9 Å². The summed E-state index contributed by atoms with van der Waals surface area (Å²) >= 11 is 0. The first-order chi connectivity index (χ1) is 14.3. The molecule has 0 atom stereocenters. The minimum Gasteiger partial charge on any atom is -0.442 e. The standard InChI is InChI=1S/C19H27N5O5S/c1-13-15(16-17(25)20-12-21-18(16)29-13)19(26)23-8-10-24(11-9-23)30(27,28)22(2)14-6-4-3-5-7-14/h12,14H,3-11H2,1-2H3,(H,20,21,25). The van der Waals surface area contributed by atoms with Gasteiger partial charge in [0.2, 0.25) is 5.71 Å². The van der Waals surface area contributed by atoms with E-state index in [9.17, 15) is 18.0 Å². The number of nitrogens with one attached hydrogen (secondary N) is 1. The van der Waals surface area contributed by atoms with Gasteiger partial charge in [-0.2, -0.15) is 17.0 Å². The Labute approximate surface area is 175 Å². The lowest BCUT2D eigenvalue weighted by molar-refractivity contribution is 0.0692. The molecule has 0 spiro atoms. The molecule has 3 heterocycles. The summed E-state index contributed by atoms with van der Waals surface area (Å²) in [6.45, 7) is 2.55. The van der Waals surface area contributed by atoms with Crippen molar-refractivity contribution in [1.29, 1.82) is 0 Å². The Kier molecular flexibility index (Phi) is 5.69. The number of aryl methyl sites for hydroxylation is 1. The molecule has 2 aliphatic rings. The van der Waals surface area contributed by atoms with E-state index < -0.39 is 15.8 Å². The third-order valence-electron chi connectivity index (χ3n) is 6.19. The fraction of sp³-hybridized carbons (Fsp3) is 0.632. The van der Waals surface area contributed by atoms with Crippen LogP contribution in [-0.4, -0.2) is 77.1 Å². The Hall–Kier alpha value is -2.24. The van der Waals surface area contributed by atoms with Gasteiger partial charge in [-0.3, -0.25) is 9.59 Å². The Bertz CT molecular complexity index is 1090. The highest BCUT2D eigenvalue weighted by molar-refractivity contribution is 7.86. The van der Waals surface area contributed by atoms with Crippen LogP contribution in [0.2, 0.25) is 0 Å². The van der Waals surface area contributed by atoms with Gasteiger partial charge in [0.15, 0.2) is 0 Å². The van der Waals surface area contributed by atoms with E-state index in [1.165, 1.54) is 14.9 Å². The van der Waals surface area contributed by atoms with E-state index in [2.05, 4.69) is 9.97 Å². The molecule has 0 aromatic carbocycles. The molecule has 2 fully saturated rings. The fourth-order valence-corrected chi connectivity index (χ4v) is 5.98. The first-order valence-corrected chi connectivity index (χ1v) is 11.7. The van der Waals surface area contributed by atoms with Crippen LogP contribution in [0.3, 0.4) is 0 Å². The first-order valence-electron chi connectivity index (χ1n) is 10.3. The van der Waals surface area contributed by atoms with Crippen molar-refractivity contribution in [3.63, 3.8) is 0 Å². The maximum atomic E-state index is 13.1. The van der Waals surface area contributed by atoms with E-state index in [4.69, 9.17) is 4.42 Å². The Morgan fingerprint density at radius 3 is 2.53 bits per heavy atom. The summed E-state index contributed by atoms with van der Waals surface area (Å²) in [5.41, 5.74) is -0.125. The molecule has 0 radical (unpaired) electrons. The summed E-state index contributed by atoms with van der Waals surface area (Å²) in [6.07, 6.45) is 6.28. The van der Waals surface area contributed by atoms with E-state index in [0.29, 0.717) is 5.76 Å². The largest absolute Gasteiger partial charge is 0.442 e. The molecule has 1 aliphatic heterocycles. The smallest absolute Gasteiger partial charge is 0.282 e. The van der Waals surface area contributed by atoms with Gasteiger partial charge in [0.05, 0.1) is 11.9 Å². The van der Waals surface area contributed by atoms with Crippen molar-refractivity contribution in [2.24, 2.45) is 0 Å². The van der Waals surface area contributed by atoms with Crippen LogP contribution in [0, 0.1) is 6.92 Å². The number of amides is 1. The normalized spacial score (nSPS) is 19.6. The van der Waals surface area contributed by atoms with Crippen LogP contribution in [0.25, 0.3) is 11.1 Å². The number of rotatable bonds is 4. The Morgan fingerprint density at radius 1 is 1.20 bits per heavy atom. The first kappa shape index (κ1) is 21.0. The van der Waals surface area contributed by atoms with Crippen molar-refractivity contribution in [1.82, 2.24) is 23.5 Å². The number of H-pyrrole nitrogens is 1. The van der Waals surface area contributed by atoms with Gasteiger partial charge in [0.25, 0.3) is 21.7 Å². The molecular weight excluding hydrogens is 410 g/mol. The number of aromatic amines is 1. The number of fused-ring (bicyclic) bond motifs is 1. The second-order valence-electron chi connectivity index (χ2n) is 7.95. The average molecular weight is 438 g/mol. The highest BCUT2D eigenvalue weighted by atomic mass is 32.2. The van der Waals surface area contributed by atoms with Crippen LogP contribution >= 0.6 is 0 Å². The molecule has 1 saturated heterocycles. The predicted molar refractivity (Wildman–Crippen MR) is 110 cm³/mol. The number of furan rings is 1. The number of hydrogen-bond donors (Lipinski definition) is 1. The number of carbonyl (C=O) groups is 1. The van der Waals surface area contributed by atoms with Gasteiger partial charge in [-0.15, -0.1) is 0 Å². The highest BCUT2D eigenvalue weighted by Crippen LogP contribution is 2.26. The van der Waals surface area contributed by atoms with Crippen molar-refractivity contribution in [3.8, 4) is 0 Å². The molecule has 2 aromatic rings. The maximum Gasteiger partial charge on any atom is 0.282 e. The van der Waals surface area contributed by atoms with Gasteiger partial charge in [0.1, 0.15) is 11.1 Å². The second kappa shape index (κ2) is 8.12. The van der Waals surface area contributed by atoms with E-state index in [1.807, 2.05) is 0 Å². The molecular formula is C19H27N5O5S. The third kappa shape index (κ3) is 3.65. The Balaban J connectivity index is 1.48. The molecule has 164 valence electrons. The summed E-state index contributed by atoms with van der Waals surface area (Å²) in [4.78, 5) is 33.3. The summed E-state index contributed by atoms with van der Waals surface area (Å²) in [5.74, 6) is -0.0197. The van der Waals surface area contributed by atoms with Gasteiger partial charge in [-0.1, -0.05) is 19.3 Å². The molecule has 1 aliphatic carbocycles. The summed E-state index contributed by atoms with van der Waals surface area (Å²) in [6, 6.07) is 0.0441.